The number of alkyl halides is 1. The van der Waals surface area contributed by atoms with Crippen molar-refractivity contribution in [2.45, 2.75) is 200 Å². The molecule has 0 heterocycles. The average Bonchev–Trinajstić information content (AvgIpc) is 2.93. The number of ether oxygens (including phenoxy) is 2. The number of hydrogen-bond donors (Lipinski definition) is 0. The molecule has 0 bridgehead atoms. The second-order valence-electron chi connectivity index (χ2n) is 18.5. The molecule has 0 aromatic heterocycles. The molecule has 1 rings (SSSR count). The standard InChI is InChI=1S/C39H77IO5Si3/c1-18-19-20-35(42-30-31-21-23-32(41-11)24-22-31)36(45-48(16,17)39(8,9)10)26-25-33(43-46(12,13)37(2,3)4)29-34(27-28-40)44-47(14,15)38(5,6)7/h21-24,33-36H,18-20,25-30H2,1-17H3/t33-,34+,35+,36+/m0/s1. The molecule has 0 spiro atoms. The molecule has 0 unspecified atom stereocenters. The molecule has 9 heteroatoms. The van der Waals surface area contributed by atoms with Gasteiger partial charge in [0.15, 0.2) is 25.0 Å². The van der Waals surface area contributed by atoms with Gasteiger partial charge in [0.1, 0.15) is 5.75 Å². The molecule has 0 amide bonds. The predicted molar refractivity (Wildman–Crippen MR) is 225 cm³/mol. The van der Waals surface area contributed by atoms with Crippen molar-refractivity contribution in [2.75, 3.05) is 11.5 Å². The Hall–Kier alpha value is 0.241. The minimum absolute atomic E-state index is 0.00513. The van der Waals surface area contributed by atoms with E-state index >= 15 is 0 Å². The Kier molecular flexibility index (Phi) is 18.7. The van der Waals surface area contributed by atoms with Gasteiger partial charge in [0.05, 0.1) is 25.9 Å². The molecule has 0 aliphatic rings. The Bertz CT molecular complexity index is 1040. The van der Waals surface area contributed by atoms with Gasteiger partial charge in [0, 0.05) is 16.6 Å². The summed E-state index contributed by atoms with van der Waals surface area (Å²) in [6.07, 6.45) is 7.42. The topological polar surface area (TPSA) is 46.2 Å². The molecule has 1 aromatic carbocycles. The Labute approximate surface area is 315 Å². The minimum Gasteiger partial charge on any atom is -0.497 e. The lowest BCUT2D eigenvalue weighted by molar-refractivity contribution is -0.0521. The maximum Gasteiger partial charge on any atom is 0.192 e. The molecule has 0 N–H and O–H groups in total. The molecule has 0 fully saturated rings. The van der Waals surface area contributed by atoms with Crippen molar-refractivity contribution in [3.8, 4) is 5.75 Å². The first-order valence-corrected chi connectivity index (χ1v) is 28.9. The number of benzene rings is 1. The van der Waals surface area contributed by atoms with E-state index < -0.39 is 25.0 Å². The van der Waals surface area contributed by atoms with Crippen molar-refractivity contribution in [1.82, 2.24) is 0 Å². The first-order valence-electron chi connectivity index (χ1n) is 18.6. The fourth-order valence-corrected chi connectivity index (χ4v) is 9.86. The molecule has 0 radical (unpaired) electrons. The smallest absolute Gasteiger partial charge is 0.192 e. The molecule has 282 valence electrons. The van der Waals surface area contributed by atoms with Crippen molar-refractivity contribution < 1.29 is 22.8 Å². The number of rotatable bonds is 21. The van der Waals surface area contributed by atoms with Gasteiger partial charge in [-0.3, -0.25) is 0 Å². The number of halogens is 1. The summed E-state index contributed by atoms with van der Waals surface area (Å²) < 4.78 is 35.1. The van der Waals surface area contributed by atoms with Crippen LogP contribution < -0.4 is 4.74 Å². The second kappa shape index (κ2) is 19.4. The van der Waals surface area contributed by atoms with Gasteiger partial charge in [-0.25, -0.2) is 0 Å². The third-order valence-corrected chi connectivity index (χ3v) is 25.6. The normalized spacial score (nSPS) is 16.5. The van der Waals surface area contributed by atoms with Crippen LogP contribution in [0.3, 0.4) is 0 Å². The summed E-state index contributed by atoms with van der Waals surface area (Å²) in [6.45, 7) is 38.3. The average molecular weight is 837 g/mol. The summed E-state index contributed by atoms with van der Waals surface area (Å²) in [6, 6.07) is 8.25. The van der Waals surface area contributed by atoms with Gasteiger partial charge < -0.3 is 22.8 Å². The lowest BCUT2D eigenvalue weighted by Crippen LogP contribution is -2.49. The van der Waals surface area contributed by atoms with Crippen LogP contribution in [0.1, 0.15) is 120 Å². The second-order valence-corrected chi connectivity index (χ2v) is 33.9. The van der Waals surface area contributed by atoms with E-state index in [1.54, 1.807) is 7.11 Å². The van der Waals surface area contributed by atoms with Crippen molar-refractivity contribution in [1.29, 1.82) is 0 Å². The maximum absolute atomic E-state index is 7.34. The molecule has 5 nitrogen and oxygen atoms in total. The van der Waals surface area contributed by atoms with Gasteiger partial charge in [-0.2, -0.15) is 0 Å². The van der Waals surface area contributed by atoms with Crippen LogP contribution in [0.2, 0.25) is 54.4 Å². The van der Waals surface area contributed by atoms with Crippen LogP contribution in [0.15, 0.2) is 24.3 Å². The first kappa shape index (κ1) is 46.3. The molecule has 0 saturated carbocycles. The highest BCUT2D eigenvalue weighted by Crippen LogP contribution is 2.42. The van der Waals surface area contributed by atoms with Crippen molar-refractivity contribution in [2.24, 2.45) is 0 Å². The molecule has 48 heavy (non-hydrogen) atoms. The van der Waals surface area contributed by atoms with E-state index in [0.29, 0.717) is 6.61 Å². The van der Waals surface area contributed by atoms with Crippen LogP contribution >= 0.6 is 22.6 Å². The van der Waals surface area contributed by atoms with Gasteiger partial charge >= 0.3 is 0 Å². The Balaban J connectivity index is 3.50. The molecular formula is C39H77IO5Si3. The van der Waals surface area contributed by atoms with Gasteiger partial charge in [-0.1, -0.05) is 117 Å². The SMILES string of the molecule is CCCC[C@@H](OCc1ccc(OC)cc1)[C@@H](CC[C@@H](C[C@@H](CCI)O[Si](C)(C)C(C)(C)C)O[Si](C)(C)C(C)(C)C)O[Si](C)(C)C(C)(C)C. The Morgan fingerprint density at radius 2 is 1.08 bits per heavy atom. The fourth-order valence-electron chi connectivity index (χ4n) is 4.98. The monoisotopic (exact) mass is 836 g/mol. The zero-order valence-corrected chi connectivity index (χ0v) is 39.6. The van der Waals surface area contributed by atoms with E-state index in [1.807, 2.05) is 12.1 Å². The summed E-state index contributed by atoms with van der Waals surface area (Å²) in [4.78, 5) is 0. The molecule has 0 aliphatic carbocycles. The van der Waals surface area contributed by atoms with Gasteiger partial charge in [0.25, 0.3) is 0 Å². The van der Waals surface area contributed by atoms with Gasteiger partial charge in [-0.15, -0.1) is 0 Å². The van der Waals surface area contributed by atoms with Crippen LogP contribution in [-0.2, 0) is 24.6 Å². The van der Waals surface area contributed by atoms with Gasteiger partial charge in [-0.05, 0) is 104 Å². The zero-order chi connectivity index (χ0) is 37.2. The molecule has 0 saturated heterocycles. The minimum atomic E-state index is -2.09. The van der Waals surface area contributed by atoms with E-state index in [4.69, 9.17) is 22.8 Å². The molecule has 4 atom stereocenters. The third-order valence-electron chi connectivity index (χ3n) is 11.4. The maximum atomic E-state index is 7.34. The Morgan fingerprint density at radius 3 is 1.50 bits per heavy atom. The van der Waals surface area contributed by atoms with Crippen molar-refractivity contribution in [3.63, 3.8) is 0 Å². The van der Waals surface area contributed by atoms with E-state index in [9.17, 15) is 0 Å². The zero-order valence-electron chi connectivity index (χ0n) is 34.4. The predicted octanol–water partition coefficient (Wildman–Crippen LogP) is 12.9. The summed E-state index contributed by atoms with van der Waals surface area (Å²) >= 11 is 2.52. The van der Waals surface area contributed by atoms with E-state index in [-0.39, 0.29) is 39.5 Å². The molecular weight excluding hydrogens is 760 g/mol. The van der Waals surface area contributed by atoms with Gasteiger partial charge in [0.2, 0.25) is 0 Å². The summed E-state index contributed by atoms with van der Waals surface area (Å²) in [5.74, 6) is 0.867. The first-order chi connectivity index (χ1) is 21.8. The van der Waals surface area contributed by atoms with Crippen LogP contribution in [-0.4, -0.2) is 60.9 Å². The highest BCUT2D eigenvalue weighted by Gasteiger charge is 2.44. The Morgan fingerprint density at radius 1 is 0.625 bits per heavy atom. The third kappa shape index (κ3) is 15.1. The highest BCUT2D eigenvalue weighted by molar-refractivity contribution is 14.1. The van der Waals surface area contributed by atoms with E-state index in [1.165, 1.54) is 0 Å². The van der Waals surface area contributed by atoms with Crippen LogP contribution in [0.5, 0.6) is 5.75 Å². The van der Waals surface area contributed by atoms with E-state index in [0.717, 1.165) is 60.7 Å². The fraction of sp³-hybridized carbons (Fsp3) is 0.846. The lowest BCUT2D eigenvalue weighted by Gasteiger charge is -2.44. The molecule has 1 aromatic rings. The van der Waals surface area contributed by atoms with Crippen LogP contribution in [0, 0.1) is 0 Å². The molecule has 0 aliphatic heterocycles. The summed E-state index contributed by atoms with van der Waals surface area (Å²) in [5.41, 5.74) is 1.16. The van der Waals surface area contributed by atoms with Crippen molar-refractivity contribution in [3.05, 3.63) is 29.8 Å². The van der Waals surface area contributed by atoms with Crippen molar-refractivity contribution >= 4 is 47.5 Å². The summed E-state index contributed by atoms with van der Waals surface area (Å²) in [5, 5.41) is 0.407. The quantitative estimate of drug-likeness (QED) is 0.0701. The van der Waals surface area contributed by atoms with Crippen LogP contribution in [0.4, 0.5) is 0 Å². The number of hydrogen-bond acceptors (Lipinski definition) is 5. The van der Waals surface area contributed by atoms with E-state index in [2.05, 4.69) is 143 Å². The largest absolute Gasteiger partial charge is 0.497 e. The highest BCUT2D eigenvalue weighted by atomic mass is 127. The lowest BCUT2D eigenvalue weighted by atomic mass is 9.98. The number of methoxy groups -OCH3 is 1. The van der Waals surface area contributed by atoms with Crippen LogP contribution in [0.25, 0.3) is 0 Å². The summed E-state index contributed by atoms with van der Waals surface area (Å²) in [7, 11) is -4.35. The number of unbranched alkanes of at least 4 members (excludes halogenated alkanes) is 1.